The van der Waals surface area contributed by atoms with Crippen LogP contribution in [-0.4, -0.2) is 50.4 Å². The predicted molar refractivity (Wildman–Crippen MR) is 106 cm³/mol. The second kappa shape index (κ2) is 9.13. The Labute approximate surface area is 169 Å². The molecule has 1 N–H and O–H groups in total. The van der Waals surface area contributed by atoms with Crippen LogP contribution < -0.4 is 14.2 Å². The molecule has 0 radical (unpaired) electrons. The first kappa shape index (κ1) is 20.9. The molecular formula is C22H26FNO5. The summed E-state index contributed by atoms with van der Waals surface area (Å²) in [5.41, 5.74) is 1.58. The molecule has 0 bridgehead atoms. The predicted octanol–water partition coefficient (Wildman–Crippen LogP) is 3.74. The SMILES string of the molecule is COc1ccc(OC)c(C(c2ccc(OC)c(F)c2)N2CCC(C(=O)O)CC2)c1. The Morgan fingerprint density at radius 3 is 2.24 bits per heavy atom. The molecule has 0 amide bonds. The minimum Gasteiger partial charge on any atom is -0.497 e. The van der Waals surface area contributed by atoms with Crippen LogP contribution in [0.4, 0.5) is 4.39 Å². The van der Waals surface area contributed by atoms with E-state index in [1.165, 1.54) is 13.2 Å². The maximum atomic E-state index is 14.5. The quantitative estimate of drug-likeness (QED) is 0.760. The maximum Gasteiger partial charge on any atom is 0.306 e. The number of piperidine rings is 1. The summed E-state index contributed by atoms with van der Waals surface area (Å²) in [5.74, 6) is -0.0677. The van der Waals surface area contributed by atoms with Crippen molar-refractivity contribution >= 4 is 5.97 Å². The highest BCUT2D eigenvalue weighted by molar-refractivity contribution is 5.70. The molecule has 0 aliphatic carbocycles. The Kier molecular flexibility index (Phi) is 6.59. The lowest BCUT2D eigenvalue weighted by Crippen LogP contribution is -2.39. The number of hydrogen-bond acceptors (Lipinski definition) is 5. The lowest BCUT2D eigenvalue weighted by Gasteiger charge is -2.37. The molecule has 1 heterocycles. The minimum absolute atomic E-state index is 0.176. The van der Waals surface area contributed by atoms with Crippen molar-refractivity contribution in [2.24, 2.45) is 5.92 Å². The van der Waals surface area contributed by atoms with Gasteiger partial charge < -0.3 is 19.3 Å². The number of hydrogen-bond donors (Lipinski definition) is 1. The van der Waals surface area contributed by atoms with E-state index in [9.17, 15) is 14.3 Å². The number of rotatable bonds is 7. The number of nitrogens with zero attached hydrogens (tertiary/aromatic N) is 1. The van der Waals surface area contributed by atoms with Crippen LogP contribution in [0.25, 0.3) is 0 Å². The zero-order chi connectivity index (χ0) is 21.0. The van der Waals surface area contributed by atoms with E-state index in [0.29, 0.717) is 37.4 Å². The van der Waals surface area contributed by atoms with Crippen LogP contribution in [0.2, 0.25) is 0 Å². The van der Waals surface area contributed by atoms with Gasteiger partial charge in [0.05, 0.1) is 33.3 Å². The van der Waals surface area contributed by atoms with Crippen LogP contribution in [-0.2, 0) is 4.79 Å². The van der Waals surface area contributed by atoms with Crippen molar-refractivity contribution in [1.29, 1.82) is 0 Å². The Morgan fingerprint density at radius 1 is 1.03 bits per heavy atom. The second-order valence-electron chi connectivity index (χ2n) is 7.05. The number of carbonyl (C=O) groups is 1. The van der Waals surface area contributed by atoms with Gasteiger partial charge in [-0.2, -0.15) is 0 Å². The van der Waals surface area contributed by atoms with Gasteiger partial charge in [0.1, 0.15) is 11.5 Å². The highest BCUT2D eigenvalue weighted by Crippen LogP contribution is 2.39. The fourth-order valence-corrected chi connectivity index (χ4v) is 3.90. The molecule has 7 heteroatoms. The largest absolute Gasteiger partial charge is 0.497 e. The molecule has 1 aliphatic heterocycles. The number of methoxy groups -OCH3 is 3. The van der Waals surface area contributed by atoms with E-state index in [-0.39, 0.29) is 17.7 Å². The Hall–Kier alpha value is -2.80. The lowest BCUT2D eigenvalue weighted by molar-refractivity contribution is -0.143. The van der Waals surface area contributed by atoms with E-state index in [2.05, 4.69) is 4.90 Å². The zero-order valence-corrected chi connectivity index (χ0v) is 16.9. The van der Waals surface area contributed by atoms with Crippen LogP contribution in [0.3, 0.4) is 0 Å². The number of benzene rings is 2. The van der Waals surface area contributed by atoms with Crippen LogP contribution in [0.1, 0.15) is 30.0 Å². The highest BCUT2D eigenvalue weighted by Gasteiger charge is 2.32. The van der Waals surface area contributed by atoms with Crippen molar-refractivity contribution in [1.82, 2.24) is 4.90 Å². The summed E-state index contributed by atoms with van der Waals surface area (Å²) in [6, 6.07) is 10.1. The minimum atomic E-state index is -0.768. The molecule has 1 saturated heterocycles. The van der Waals surface area contributed by atoms with Gasteiger partial charge in [-0.25, -0.2) is 4.39 Å². The van der Waals surface area contributed by atoms with Crippen LogP contribution >= 0.6 is 0 Å². The molecule has 1 aliphatic rings. The van der Waals surface area contributed by atoms with Crippen molar-refractivity contribution < 1.29 is 28.5 Å². The fourth-order valence-electron chi connectivity index (χ4n) is 3.90. The summed E-state index contributed by atoms with van der Waals surface area (Å²) in [6.07, 6.45) is 1.08. The van der Waals surface area contributed by atoms with Crippen molar-refractivity contribution in [3.05, 3.63) is 53.3 Å². The van der Waals surface area contributed by atoms with Crippen molar-refractivity contribution in [2.75, 3.05) is 34.4 Å². The summed E-state index contributed by atoms with van der Waals surface area (Å²) in [7, 11) is 4.61. The number of halogens is 1. The molecule has 2 aromatic rings. The monoisotopic (exact) mass is 403 g/mol. The van der Waals surface area contributed by atoms with Gasteiger partial charge in [0, 0.05) is 5.56 Å². The molecule has 0 saturated carbocycles. The van der Waals surface area contributed by atoms with Gasteiger partial charge >= 0.3 is 5.97 Å². The Morgan fingerprint density at radius 2 is 1.69 bits per heavy atom. The molecule has 0 spiro atoms. The second-order valence-corrected chi connectivity index (χ2v) is 7.05. The first-order chi connectivity index (χ1) is 14.0. The first-order valence-corrected chi connectivity index (χ1v) is 9.50. The lowest BCUT2D eigenvalue weighted by atomic mass is 9.90. The molecule has 29 heavy (non-hydrogen) atoms. The molecule has 1 atom stereocenters. The molecule has 2 aromatic carbocycles. The molecule has 3 rings (SSSR count). The molecule has 1 unspecified atom stereocenters. The van der Waals surface area contributed by atoms with Gasteiger partial charge in [0.25, 0.3) is 0 Å². The summed E-state index contributed by atoms with van der Waals surface area (Å²) in [5, 5.41) is 9.32. The van der Waals surface area contributed by atoms with E-state index in [0.717, 1.165) is 11.1 Å². The number of aliphatic carboxylic acids is 1. The average molecular weight is 403 g/mol. The molecule has 6 nitrogen and oxygen atoms in total. The zero-order valence-electron chi connectivity index (χ0n) is 16.9. The van der Waals surface area contributed by atoms with Crippen LogP contribution in [0, 0.1) is 11.7 Å². The van der Waals surface area contributed by atoms with Gasteiger partial charge in [-0.3, -0.25) is 9.69 Å². The van der Waals surface area contributed by atoms with E-state index in [1.54, 1.807) is 20.3 Å². The third-order valence-corrected chi connectivity index (χ3v) is 5.47. The molecule has 0 aromatic heterocycles. The van der Waals surface area contributed by atoms with Crippen LogP contribution in [0.15, 0.2) is 36.4 Å². The number of carboxylic acid groups (broad SMARTS) is 1. The van der Waals surface area contributed by atoms with Gasteiger partial charge in [-0.1, -0.05) is 6.07 Å². The Balaban J connectivity index is 2.05. The summed E-state index contributed by atoms with van der Waals surface area (Å²) >= 11 is 0. The Bertz CT molecular complexity index is 864. The molecule has 1 fully saturated rings. The summed E-state index contributed by atoms with van der Waals surface area (Å²) in [6.45, 7) is 1.16. The van der Waals surface area contributed by atoms with E-state index in [1.807, 2.05) is 24.3 Å². The molecular weight excluding hydrogens is 377 g/mol. The standard InChI is InChI=1S/C22H26FNO5/c1-27-16-5-7-19(28-2)17(13-16)21(15-4-6-20(29-3)18(23)12-15)24-10-8-14(9-11-24)22(25)26/h4-7,12-14,21H,8-11H2,1-3H3,(H,25,26). The van der Waals surface area contributed by atoms with Crippen molar-refractivity contribution in [2.45, 2.75) is 18.9 Å². The summed E-state index contributed by atoms with van der Waals surface area (Å²) < 4.78 is 30.5. The van der Waals surface area contributed by atoms with E-state index < -0.39 is 11.8 Å². The molecule has 156 valence electrons. The third-order valence-electron chi connectivity index (χ3n) is 5.47. The van der Waals surface area contributed by atoms with Gasteiger partial charge in [-0.15, -0.1) is 0 Å². The van der Waals surface area contributed by atoms with Gasteiger partial charge in [0.2, 0.25) is 0 Å². The number of ether oxygens (including phenoxy) is 3. The van der Waals surface area contributed by atoms with Gasteiger partial charge in [-0.05, 0) is 61.8 Å². The van der Waals surface area contributed by atoms with E-state index in [4.69, 9.17) is 14.2 Å². The van der Waals surface area contributed by atoms with Crippen LogP contribution in [0.5, 0.6) is 17.2 Å². The summed E-state index contributed by atoms with van der Waals surface area (Å²) in [4.78, 5) is 13.5. The smallest absolute Gasteiger partial charge is 0.306 e. The van der Waals surface area contributed by atoms with Gasteiger partial charge in [0.15, 0.2) is 11.6 Å². The topological polar surface area (TPSA) is 68.2 Å². The number of carboxylic acids is 1. The maximum absolute atomic E-state index is 14.5. The average Bonchev–Trinajstić information content (AvgIpc) is 2.74. The first-order valence-electron chi connectivity index (χ1n) is 9.50. The normalized spacial score (nSPS) is 16.3. The fraction of sp³-hybridized carbons (Fsp3) is 0.409. The number of likely N-dealkylation sites (tertiary alicyclic amines) is 1. The highest BCUT2D eigenvalue weighted by atomic mass is 19.1. The van der Waals surface area contributed by atoms with Crippen molar-refractivity contribution in [3.8, 4) is 17.2 Å². The van der Waals surface area contributed by atoms with Crippen molar-refractivity contribution in [3.63, 3.8) is 0 Å². The third kappa shape index (κ3) is 4.45. The van der Waals surface area contributed by atoms with E-state index >= 15 is 0 Å².